The van der Waals surface area contributed by atoms with E-state index in [4.69, 9.17) is 4.74 Å². The Labute approximate surface area is 175 Å². The molecule has 0 unspecified atom stereocenters. The van der Waals surface area contributed by atoms with Gasteiger partial charge in [0, 0.05) is 41.1 Å². The summed E-state index contributed by atoms with van der Waals surface area (Å²) in [6.45, 7) is -1.26. The van der Waals surface area contributed by atoms with Crippen molar-refractivity contribution in [2.75, 3.05) is 13.2 Å². The number of ether oxygens (including phenoxy) is 1. The van der Waals surface area contributed by atoms with Gasteiger partial charge in [0.05, 0.1) is 0 Å². The third-order valence-electron chi connectivity index (χ3n) is 6.14. The molecule has 31 heavy (non-hydrogen) atoms. The number of imidazole rings is 1. The SMILES string of the molecule is O=C(NC12CC(CO)(C1)C2)c1cn2cccc(-c3ccccc3OCC(F)(F)F)c2n1. The molecule has 1 amide bonds. The second-order valence-electron chi connectivity index (χ2n) is 8.60. The van der Waals surface area contributed by atoms with E-state index in [1.54, 1.807) is 47.1 Å². The van der Waals surface area contributed by atoms with Crippen molar-refractivity contribution in [3.63, 3.8) is 0 Å². The summed E-state index contributed by atoms with van der Waals surface area (Å²) in [7, 11) is 0. The van der Waals surface area contributed by atoms with Crippen LogP contribution >= 0.6 is 0 Å². The summed E-state index contributed by atoms with van der Waals surface area (Å²) in [5, 5.41) is 12.4. The molecule has 1 aromatic carbocycles. The van der Waals surface area contributed by atoms with Crippen molar-refractivity contribution in [2.24, 2.45) is 5.41 Å². The summed E-state index contributed by atoms with van der Waals surface area (Å²) >= 11 is 0. The van der Waals surface area contributed by atoms with Crippen molar-refractivity contribution < 1.29 is 27.8 Å². The lowest BCUT2D eigenvalue weighted by molar-refractivity contribution is -0.172. The molecule has 0 radical (unpaired) electrons. The molecular weight excluding hydrogens is 411 g/mol. The zero-order chi connectivity index (χ0) is 21.9. The van der Waals surface area contributed by atoms with Crippen LogP contribution in [-0.4, -0.2) is 45.3 Å². The number of amides is 1. The van der Waals surface area contributed by atoms with Gasteiger partial charge in [0.15, 0.2) is 6.61 Å². The number of aliphatic hydroxyl groups excluding tert-OH is 1. The largest absolute Gasteiger partial charge is 0.483 e. The van der Waals surface area contributed by atoms with E-state index in [1.165, 1.54) is 6.07 Å². The van der Waals surface area contributed by atoms with E-state index in [9.17, 15) is 23.1 Å². The topological polar surface area (TPSA) is 75.9 Å². The fourth-order valence-corrected chi connectivity index (χ4v) is 4.91. The molecule has 2 bridgehead atoms. The number of nitrogens with zero attached hydrogens (tertiary/aromatic N) is 2. The molecular formula is C22H20F3N3O3. The Morgan fingerprint density at radius 1 is 1.16 bits per heavy atom. The van der Waals surface area contributed by atoms with Gasteiger partial charge in [-0.2, -0.15) is 13.2 Å². The summed E-state index contributed by atoms with van der Waals surface area (Å²) in [6.07, 6.45) is 1.18. The molecule has 6 nitrogen and oxygen atoms in total. The third kappa shape index (κ3) is 3.42. The van der Waals surface area contributed by atoms with Crippen LogP contribution in [0.5, 0.6) is 5.75 Å². The van der Waals surface area contributed by atoms with Crippen molar-refractivity contribution in [1.82, 2.24) is 14.7 Å². The van der Waals surface area contributed by atoms with Gasteiger partial charge in [0.1, 0.15) is 17.1 Å². The Hall–Kier alpha value is -3.07. The maximum Gasteiger partial charge on any atom is 0.422 e. The highest BCUT2D eigenvalue weighted by molar-refractivity contribution is 5.95. The molecule has 162 valence electrons. The fourth-order valence-electron chi connectivity index (χ4n) is 4.91. The monoisotopic (exact) mass is 431 g/mol. The van der Waals surface area contributed by atoms with Crippen LogP contribution in [0, 0.1) is 5.41 Å². The van der Waals surface area contributed by atoms with Crippen LogP contribution < -0.4 is 10.1 Å². The number of nitrogens with one attached hydrogen (secondary N) is 1. The van der Waals surface area contributed by atoms with Gasteiger partial charge in [-0.3, -0.25) is 4.79 Å². The Morgan fingerprint density at radius 2 is 1.87 bits per heavy atom. The quantitative estimate of drug-likeness (QED) is 0.626. The molecule has 0 aliphatic heterocycles. The van der Waals surface area contributed by atoms with E-state index >= 15 is 0 Å². The average Bonchev–Trinajstić information content (AvgIpc) is 3.12. The Balaban J connectivity index is 1.43. The summed E-state index contributed by atoms with van der Waals surface area (Å²) in [5.74, 6) is -0.215. The van der Waals surface area contributed by atoms with E-state index < -0.39 is 12.8 Å². The van der Waals surface area contributed by atoms with Crippen molar-refractivity contribution in [3.8, 4) is 16.9 Å². The molecule has 2 N–H and O–H groups in total. The minimum absolute atomic E-state index is 0.0283. The second kappa shape index (κ2) is 6.71. The second-order valence-corrected chi connectivity index (χ2v) is 8.60. The van der Waals surface area contributed by atoms with Gasteiger partial charge in [0.25, 0.3) is 5.91 Å². The standard InChI is InChI=1S/C22H20F3N3O3/c23-22(24,25)13-31-17-6-2-1-4-14(17)15-5-3-7-28-8-16(26-18(15)28)19(30)27-21-9-20(10-21,11-21)12-29/h1-8,29H,9-13H2,(H,27,30). The highest BCUT2D eigenvalue weighted by Gasteiger charge is 2.68. The highest BCUT2D eigenvalue weighted by atomic mass is 19.4. The summed E-state index contributed by atoms with van der Waals surface area (Å²) in [6, 6.07) is 9.90. The maximum absolute atomic E-state index is 12.8. The predicted molar refractivity (Wildman–Crippen MR) is 106 cm³/mol. The smallest absolute Gasteiger partial charge is 0.422 e. The van der Waals surface area contributed by atoms with Crippen LogP contribution in [0.2, 0.25) is 0 Å². The van der Waals surface area contributed by atoms with E-state index in [2.05, 4.69) is 10.3 Å². The number of hydrogen-bond acceptors (Lipinski definition) is 4. The Kier molecular flexibility index (Phi) is 4.30. The van der Waals surface area contributed by atoms with Gasteiger partial charge in [-0.25, -0.2) is 4.98 Å². The highest BCUT2D eigenvalue weighted by Crippen LogP contribution is 2.66. The van der Waals surface area contributed by atoms with Crippen LogP contribution in [0.3, 0.4) is 0 Å². The van der Waals surface area contributed by atoms with Crippen LogP contribution in [0.4, 0.5) is 13.2 Å². The first-order valence-corrected chi connectivity index (χ1v) is 9.92. The van der Waals surface area contributed by atoms with Crippen molar-refractivity contribution in [1.29, 1.82) is 0 Å². The van der Waals surface area contributed by atoms with Crippen LogP contribution in [-0.2, 0) is 0 Å². The molecule has 3 aromatic rings. The van der Waals surface area contributed by atoms with Crippen LogP contribution in [0.25, 0.3) is 16.8 Å². The van der Waals surface area contributed by atoms with Crippen LogP contribution in [0.1, 0.15) is 29.8 Å². The molecule has 9 heteroatoms. The fraction of sp³-hybridized carbons (Fsp3) is 0.364. The van der Waals surface area contributed by atoms with Gasteiger partial charge in [0.2, 0.25) is 0 Å². The molecule has 3 fully saturated rings. The van der Waals surface area contributed by atoms with Crippen LogP contribution in [0.15, 0.2) is 48.8 Å². The number of carbonyl (C=O) groups is 1. The van der Waals surface area contributed by atoms with Crippen molar-refractivity contribution in [2.45, 2.75) is 31.0 Å². The first kappa shape index (κ1) is 19.9. The average molecular weight is 431 g/mol. The molecule has 3 aliphatic rings. The lowest BCUT2D eigenvalue weighted by atomic mass is 9.39. The number of para-hydroxylation sites is 1. The molecule has 0 saturated heterocycles. The zero-order valence-electron chi connectivity index (χ0n) is 16.4. The Bertz CT molecular complexity index is 1150. The maximum atomic E-state index is 12.8. The molecule has 3 aliphatic carbocycles. The first-order chi connectivity index (χ1) is 14.7. The number of halogens is 3. The molecule has 2 aromatic heterocycles. The van der Waals surface area contributed by atoms with E-state index in [-0.39, 0.29) is 34.9 Å². The number of pyridine rings is 1. The summed E-state index contributed by atoms with van der Waals surface area (Å²) in [5.41, 5.74) is 1.41. The third-order valence-corrected chi connectivity index (χ3v) is 6.14. The number of carbonyl (C=O) groups excluding carboxylic acids is 1. The zero-order valence-corrected chi connectivity index (χ0v) is 16.4. The van der Waals surface area contributed by atoms with Crippen molar-refractivity contribution >= 4 is 11.6 Å². The number of benzene rings is 1. The van der Waals surface area contributed by atoms with Gasteiger partial charge in [-0.1, -0.05) is 18.2 Å². The molecule has 0 atom stereocenters. The minimum Gasteiger partial charge on any atom is -0.483 e. The predicted octanol–water partition coefficient (Wildman–Crippen LogP) is 3.59. The molecule has 2 heterocycles. The van der Waals surface area contributed by atoms with Crippen molar-refractivity contribution in [3.05, 3.63) is 54.5 Å². The summed E-state index contributed by atoms with van der Waals surface area (Å²) < 4.78 is 44.6. The molecule has 6 rings (SSSR count). The Morgan fingerprint density at radius 3 is 2.58 bits per heavy atom. The number of aliphatic hydroxyl groups is 1. The summed E-state index contributed by atoms with van der Waals surface area (Å²) in [4.78, 5) is 17.2. The number of alkyl halides is 3. The van der Waals surface area contributed by atoms with E-state index in [1.807, 2.05) is 0 Å². The lowest BCUT2D eigenvalue weighted by Crippen LogP contribution is -2.75. The molecule has 0 spiro atoms. The van der Waals surface area contributed by atoms with E-state index in [0.29, 0.717) is 16.8 Å². The minimum atomic E-state index is -4.45. The first-order valence-electron chi connectivity index (χ1n) is 9.92. The van der Waals surface area contributed by atoms with Gasteiger partial charge < -0.3 is 19.6 Å². The number of aromatic nitrogens is 2. The number of hydrogen-bond donors (Lipinski definition) is 2. The lowest BCUT2D eigenvalue weighted by Gasteiger charge is -2.70. The van der Waals surface area contributed by atoms with Gasteiger partial charge in [-0.05, 0) is 37.5 Å². The normalized spacial score (nSPS) is 24.4. The van der Waals surface area contributed by atoms with Gasteiger partial charge in [-0.15, -0.1) is 0 Å². The molecule has 3 saturated carbocycles. The number of rotatable bonds is 6. The number of fused-ring (bicyclic) bond motifs is 1. The van der Waals surface area contributed by atoms with E-state index in [0.717, 1.165) is 19.3 Å². The van der Waals surface area contributed by atoms with Gasteiger partial charge >= 0.3 is 6.18 Å².